The molecule has 1 fully saturated rings. The lowest BCUT2D eigenvalue weighted by Gasteiger charge is -2.15. The molecule has 2 aromatic heterocycles. The van der Waals surface area contributed by atoms with Crippen molar-refractivity contribution in [3.8, 4) is 5.69 Å². The minimum Gasteiger partial charge on any atom is -0.376 e. The van der Waals surface area contributed by atoms with Crippen molar-refractivity contribution in [1.82, 2.24) is 14.9 Å². The van der Waals surface area contributed by atoms with Gasteiger partial charge in [-0.1, -0.05) is 35.9 Å². The molecule has 6 nitrogen and oxygen atoms in total. The van der Waals surface area contributed by atoms with Crippen LogP contribution in [0.3, 0.4) is 0 Å². The van der Waals surface area contributed by atoms with Crippen LogP contribution >= 0.6 is 23.1 Å². The summed E-state index contributed by atoms with van der Waals surface area (Å²) in [6.07, 6.45) is 7.59. The summed E-state index contributed by atoms with van der Waals surface area (Å²) in [6, 6.07) is 6.10. The molecule has 2 aliphatic rings. The highest BCUT2D eigenvalue weighted by atomic mass is 32.2. The van der Waals surface area contributed by atoms with Crippen LogP contribution in [-0.4, -0.2) is 40.5 Å². The standard InChI is InChI=1S/C26H31N3O3S2/c1-16-10-11-20(17(2)13-16)29-25(31)23-19-8-4-3-5-9-21(19)34-24(23)28-26(29)33-15-22(30)27-14-18-7-6-12-32-18/h10-11,13,18H,3-9,12,14-15H2,1-2H3,(H,27,30)/t18-/m1/s1. The van der Waals surface area contributed by atoms with Gasteiger partial charge in [0, 0.05) is 18.0 Å². The van der Waals surface area contributed by atoms with E-state index in [1.807, 2.05) is 26.0 Å². The monoisotopic (exact) mass is 497 g/mol. The van der Waals surface area contributed by atoms with E-state index in [1.165, 1.54) is 28.6 Å². The Morgan fingerprint density at radius 2 is 2.09 bits per heavy atom. The molecule has 0 radical (unpaired) electrons. The average Bonchev–Trinajstić information content (AvgIpc) is 3.39. The Morgan fingerprint density at radius 3 is 2.88 bits per heavy atom. The predicted molar refractivity (Wildman–Crippen MR) is 139 cm³/mol. The summed E-state index contributed by atoms with van der Waals surface area (Å²) >= 11 is 2.99. The second kappa shape index (κ2) is 10.2. The van der Waals surface area contributed by atoms with E-state index in [0.29, 0.717) is 11.7 Å². The molecule has 1 aromatic carbocycles. The van der Waals surface area contributed by atoms with E-state index in [-0.39, 0.29) is 23.3 Å². The number of carbonyl (C=O) groups excluding carboxylic acids is 1. The third-order valence-electron chi connectivity index (χ3n) is 6.68. The zero-order chi connectivity index (χ0) is 23.7. The average molecular weight is 498 g/mol. The second-order valence-electron chi connectivity index (χ2n) is 9.30. The number of ether oxygens (including phenoxy) is 1. The number of nitrogens with one attached hydrogen (secondary N) is 1. The number of aromatic nitrogens is 2. The van der Waals surface area contributed by atoms with Crippen LogP contribution in [0.5, 0.6) is 0 Å². The molecule has 34 heavy (non-hydrogen) atoms. The largest absolute Gasteiger partial charge is 0.376 e. The Hall–Kier alpha value is -2.16. The first-order chi connectivity index (χ1) is 16.5. The van der Waals surface area contributed by atoms with Gasteiger partial charge in [0.1, 0.15) is 4.83 Å². The molecular weight excluding hydrogens is 466 g/mol. The Balaban J connectivity index is 1.51. The van der Waals surface area contributed by atoms with Crippen molar-refractivity contribution in [3.05, 3.63) is 50.1 Å². The summed E-state index contributed by atoms with van der Waals surface area (Å²) in [5, 5.41) is 4.32. The van der Waals surface area contributed by atoms with Crippen molar-refractivity contribution in [2.45, 2.75) is 70.1 Å². The summed E-state index contributed by atoms with van der Waals surface area (Å²) in [6.45, 7) is 5.38. The fourth-order valence-electron chi connectivity index (χ4n) is 4.94. The van der Waals surface area contributed by atoms with Crippen molar-refractivity contribution in [1.29, 1.82) is 0 Å². The number of benzene rings is 1. The molecule has 1 amide bonds. The zero-order valence-corrected chi connectivity index (χ0v) is 21.4. The van der Waals surface area contributed by atoms with E-state index < -0.39 is 0 Å². The number of thiophene rings is 1. The van der Waals surface area contributed by atoms with E-state index in [0.717, 1.165) is 72.2 Å². The Morgan fingerprint density at radius 1 is 1.24 bits per heavy atom. The number of amides is 1. The summed E-state index contributed by atoms with van der Waals surface area (Å²) in [5.41, 5.74) is 4.18. The summed E-state index contributed by atoms with van der Waals surface area (Å²) < 4.78 is 7.33. The normalized spacial score (nSPS) is 18.1. The van der Waals surface area contributed by atoms with Crippen LogP contribution in [0, 0.1) is 13.8 Å². The van der Waals surface area contributed by atoms with Gasteiger partial charge in [-0.15, -0.1) is 11.3 Å². The summed E-state index contributed by atoms with van der Waals surface area (Å²) in [7, 11) is 0. The van der Waals surface area contributed by atoms with E-state index >= 15 is 0 Å². The molecule has 0 unspecified atom stereocenters. The van der Waals surface area contributed by atoms with Crippen LogP contribution < -0.4 is 10.9 Å². The molecule has 0 bridgehead atoms. The molecule has 0 saturated carbocycles. The van der Waals surface area contributed by atoms with E-state index in [9.17, 15) is 9.59 Å². The van der Waals surface area contributed by atoms with E-state index in [4.69, 9.17) is 9.72 Å². The molecule has 1 atom stereocenters. The van der Waals surface area contributed by atoms with Crippen molar-refractivity contribution >= 4 is 39.2 Å². The Labute approximate surface area is 208 Å². The molecule has 1 aliphatic heterocycles. The fraction of sp³-hybridized carbons (Fsp3) is 0.500. The van der Waals surface area contributed by atoms with Crippen LogP contribution in [0.2, 0.25) is 0 Å². The highest BCUT2D eigenvalue weighted by molar-refractivity contribution is 7.99. The molecular formula is C26H31N3O3S2. The molecule has 1 N–H and O–H groups in total. The van der Waals surface area contributed by atoms with Gasteiger partial charge < -0.3 is 10.1 Å². The number of nitrogens with zero attached hydrogens (tertiary/aromatic N) is 2. The number of thioether (sulfide) groups is 1. The molecule has 3 heterocycles. The summed E-state index contributed by atoms with van der Waals surface area (Å²) in [5.74, 6) is 0.143. The van der Waals surface area contributed by atoms with Gasteiger partial charge in [0.15, 0.2) is 5.16 Å². The van der Waals surface area contributed by atoms with Crippen molar-refractivity contribution in [3.63, 3.8) is 0 Å². The zero-order valence-electron chi connectivity index (χ0n) is 19.8. The molecule has 1 saturated heterocycles. The number of aryl methyl sites for hydroxylation is 4. The van der Waals surface area contributed by atoms with Gasteiger partial charge >= 0.3 is 0 Å². The molecule has 1 aliphatic carbocycles. The number of hydrogen-bond acceptors (Lipinski definition) is 6. The van der Waals surface area contributed by atoms with Gasteiger partial charge in [-0.25, -0.2) is 4.98 Å². The van der Waals surface area contributed by atoms with Crippen molar-refractivity contribution in [2.24, 2.45) is 0 Å². The van der Waals surface area contributed by atoms with Crippen molar-refractivity contribution < 1.29 is 9.53 Å². The van der Waals surface area contributed by atoms with Gasteiger partial charge in [-0.2, -0.15) is 0 Å². The molecule has 180 valence electrons. The first-order valence-electron chi connectivity index (χ1n) is 12.2. The molecule has 8 heteroatoms. The smallest absolute Gasteiger partial charge is 0.267 e. The minimum atomic E-state index is -0.0658. The lowest BCUT2D eigenvalue weighted by molar-refractivity contribution is -0.119. The number of rotatable bonds is 6. The summed E-state index contributed by atoms with van der Waals surface area (Å²) in [4.78, 5) is 33.6. The maximum Gasteiger partial charge on any atom is 0.267 e. The second-order valence-corrected chi connectivity index (χ2v) is 11.3. The third kappa shape index (κ3) is 4.81. The highest BCUT2D eigenvalue weighted by Crippen LogP contribution is 2.35. The van der Waals surface area contributed by atoms with Crippen LogP contribution in [0.1, 0.15) is 53.7 Å². The highest BCUT2D eigenvalue weighted by Gasteiger charge is 2.23. The maximum absolute atomic E-state index is 14.0. The third-order valence-corrected chi connectivity index (χ3v) is 8.81. The van der Waals surface area contributed by atoms with Crippen molar-refractivity contribution in [2.75, 3.05) is 18.9 Å². The van der Waals surface area contributed by atoms with E-state index in [2.05, 4.69) is 11.4 Å². The first kappa shape index (κ1) is 23.6. The van der Waals surface area contributed by atoms with Crippen LogP contribution in [0.15, 0.2) is 28.2 Å². The lowest BCUT2D eigenvalue weighted by atomic mass is 10.1. The van der Waals surface area contributed by atoms with Gasteiger partial charge in [-0.05, 0) is 69.6 Å². The van der Waals surface area contributed by atoms with Gasteiger partial charge in [0.2, 0.25) is 5.91 Å². The number of carbonyl (C=O) groups is 1. The lowest BCUT2D eigenvalue weighted by Crippen LogP contribution is -2.33. The van der Waals surface area contributed by atoms with Crippen LogP contribution in [-0.2, 0) is 22.4 Å². The first-order valence-corrected chi connectivity index (χ1v) is 14.0. The SMILES string of the molecule is Cc1ccc(-n2c(SCC(=O)NC[C@H]3CCCO3)nc3sc4c(c3c2=O)CCCCC4)c(C)c1. The van der Waals surface area contributed by atoms with Gasteiger partial charge in [-0.3, -0.25) is 14.2 Å². The fourth-order valence-corrected chi connectivity index (χ4v) is 7.08. The Bertz CT molecular complexity index is 1270. The maximum atomic E-state index is 14.0. The molecule has 0 spiro atoms. The quantitative estimate of drug-likeness (QED) is 0.303. The van der Waals surface area contributed by atoms with Crippen LogP contribution in [0.4, 0.5) is 0 Å². The molecule has 5 rings (SSSR count). The molecule has 3 aromatic rings. The van der Waals surface area contributed by atoms with Gasteiger partial charge in [0.05, 0.1) is 22.9 Å². The number of hydrogen-bond donors (Lipinski definition) is 1. The van der Waals surface area contributed by atoms with E-state index in [1.54, 1.807) is 15.9 Å². The topological polar surface area (TPSA) is 73.2 Å². The number of fused-ring (bicyclic) bond motifs is 3. The Kier molecular flexibility index (Phi) is 7.09. The predicted octanol–water partition coefficient (Wildman–Crippen LogP) is 4.72. The minimum absolute atomic E-state index is 0.0152. The van der Waals surface area contributed by atoms with Crippen LogP contribution in [0.25, 0.3) is 15.9 Å². The van der Waals surface area contributed by atoms with Gasteiger partial charge in [0.25, 0.3) is 5.56 Å².